The van der Waals surface area contributed by atoms with Crippen LogP contribution in [0.3, 0.4) is 0 Å². The van der Waals surface area contributed by atoms with Crippen molar-refractivity contribution in [2.75, 3.05) is 6.54 Å². The largest absolute Gasteiger partial charge is 0.391 e. The van der Waals surface area contributed by atoms with E-state index in [9.17, 15) is 20.0 Å². The van der Waals surface area contributed by atoms with Gasteiger partial charge in [-0.05, 0) is 18.1 Å². The van der Waals surface area contributed by atoms with Gasteiger partial charge in [-0.15, -0.1) is 0 Å². The first-order valence-corrected chi connectivity index (χ1v) is 7.68. The number of nitro benzene ring substituents is 1. The Balaban J connectivity index is 2.02. The zero-order chi connectivity index (χ0) is 17.7. The summed E-state index contributed by atoms with van der Waals surface area (Å²) < 4.78 is 1.46. The zero-order valence-corrected chi connectivity index (χ0v) is 13.5. The summed E-state index contributed by atoms with van der Waals surface area (Å²) in [5.41, 5.74) is 0.951. The Kier molecular flexibility index (Phi) is 5.64. The number of hydrogen-bond acceptors (Lipinski definition) is 5. The highest BCUT2D eigenvalue weighted by atomic mass is 16.6. The number of benzene rings is 1. The van der Waals surface area contributed by atoms with E-state index in [2.05, 4.69) is 10.4 Å². The maximum Gasteiger partial charge on any atom is 0.269 e. The Morgan fingerprint density at radius 3 is 2.67 bits per heavy atom. The molecule has 0 saturated carbocycles. The minimum Gasteiger partial charge on any atom is -0.391 e. The first kappa shape index (κ1) is 17.6. The molecule has 1 aromatic carbocycles. The molecule has 2 atom stereocenters. The lowest BCUT2D eigenvalue weighted by Crippen LogP contribution is -2.35. The Labute approximate surface area is 139 Å². The van der Waals surface area contributed by atoms with Crippen molar-refractivity contribution in [3.8, 4) is 5.69 Å². The fourth-order valence-electron chi connectivity index (χ4n) is 2.08. The molecule has 0 saturated heterocycles. The van der Waals surface area contributed by atoms with E-state index in [-0.39, 0.29) is 24.1 Å². The van der Waals surface area contributed by atoms with Crippen LogP contribution in [0.5, 0.6) is 0 Å². The number of carbonyl (C=O) groups excluding carboxylic acids is 1. The number of nitrogens with one attached hydrogen (secondary N) is 1. The second kappa shape index (κ2) is 7.69. The van der Waals surface area contributed by atoms with E-state index in [1.807, 2.05) is 13.8 Å². The van der Waals surface area contributed by atoms with Crippen LogP contribution in [0.1, 0.15) is 30.6 Å². The fraction of sp³-hybridized carbons (Fsp3) is 0.375. The van der Waals surface area contributed by atoms with E-state index in [1.165, 1.54) is 29.2 Å². The van der Waals surface area contributed by atoms with Crippen molar-refractivity contribution in [2.45, 2.75) is 26.4 Å². The fourth-order valence-corrected chi connectivity index (χ4v) is 2.08. The van der Waals surface area contributed by atoms with E-state index in [1.54, 1.807) is 12.1 Å². The molecule has 0 bridgehead atoms. The molecule has 0 aliphatic carbocycles. The number of nitrogens with zero attached hydrogens (tertiary/aromatic N) is 3. The van der Waals surface area contributed by atoms with Gasteiger partial charge in [0.1, 0.15) is 0 Å². The highest BCUT2D eigenvalue weighted by molar-refractivity contribution is 5.93. The molecule has 0 radical (unpaired) electrons. The Morgan fingerprint density at radius 1 is 1.42 bits per heavy atom. The molecule has 1 heterocycles. The Bertz CT molecular complexity index is 711. The van der Waals surface area contributed by atoms with Gasteiger partial charge in [-0.2, -0.15) is 5.10 Å². The first-order valence-electron chi connectivity index (χ1n) is 7.68. The molecule has 8 heteroatoms. The normalized spacial score (nSPS) is 13.3. The SMILES string of the molecule is CCC(C)C(O)CNC(=O)c1cnn(-c2ccc([N+](=O)[O-])cc2)c1. The van der Waals surface area contributed by atoms with Crippen LogP contribution in [0.4, 0.5) is 5.69 Å². The molecule has 8 nitrogen and oxygen atoms in total. The van der Waals surface area contributed by atoms with Crippen molar-refractivity contribution in [1.29, 1.82) is 0 Å². The Hall–Kier alpha value is -2.74. The first-order chi connectivity index (χ1) is 11.4. The summed E-state index contributed by atoms with van der Waals surface area (Å²) in [5, 5.41) is 27.3. The molecule has 0 spiro atoms. The molecule has 2 N–H and O–H groups in total. The van der Waals surface area contributed by atoms with E-state index < -0.39 is 11.0 Å². The maximum absolute atomic E-state index is 12.1. The van der Waals surface area contributed by atoms with E-state index >= 15 is 0 Å². The number of rotatable bonds is 7. The van der Waals surface area contributed by atoms with Gasteiger partial charge in [-0.3, -0.25) is 14.9 Å². The second-order valence-electron chi connectivity index (χ2n) is 5.61. The zero-order valence-electron chi connectivity index (χ0n) is 13.5. The summed E-state index contributed by atoms with van der Waals surface area (Å²) >= 11 is 0. The predicted molar refractivity (Wildman–Crippen MR) is 88.0 cm³/mol. The molecule has 2 rings (SSSR count). The van der Waals surface area contributed by atoms with Crippen LogP contribution in [0.2, 0.25) is 0 Å². The topological polar surface area (TPSA) is 110 Å². The number of amides is 1. The lowest BCUT2D eigenvalue weighted by atomic mass is 10.0. The molecular formula is C16H20N4O4. The van der Waals surface area contributed by atoms with E-state index in [0.717, 1.165) is 6.42 Å². The third-order valence-electron chi connectivity index (χ3n) is 3.94. The van der Waals surface area contributed by atoms with Gasteiger partial charge in [0.15, 0.2) is 0 Å². The number of carbonyl (C=O) groups is 1. The quantitative estimate of drug-likeness (QED) is 0.594. The minimum absolute atomic E-state index is 0.0112. The van der Waals surface area contributed by atoms with Gasteiger partial charge in [0.25, 0.3) is 11.6 Å². The van der Waals surface area contributed by atoms with E-state index in [0.29, 0.717) is 11.3 Å². The van der Waals surface area contributed by atoms with Crippen LogP contribution < -0.4 is 5.32 Å². The van der Waals surface area contributed by atoms with Gasteiger partial charge in [0.05, 0.1) is 28.5 Å². The van der Waals surface area contributed by atoms with Crippen LogP contribution in [0, 0.1) is 16.0 Å². The van der Waals surface area contributed by atoms with Crippen molar-refractivity contribution in [1.82, 2.24) is 15.1 Å². The smallest absolute Gasteiger partial charge is 0.269 e. The summed E-state index contributed by atoms with van der Waals surface area (Å²) in [6.45, 7) is 4.07. The highest BCUT2D eigenvalue weighted by Crippen LogP contribution is 2.15. The van der Waals surface area contributed by atoms with Gasteiger partial charge in [0.2, 0.25) is 0 Å². The summed E-state index contributed by atoms with van der Waals surface area (Å²) in [6.07, 6.45) is 3.18. The summed E-state index contributed by atoms with van der Waals surface area (Å²) in [7, 11) is 0. The number of hydrogen-bond donors (Lipinski definition) is 2. The predicted octanol–water partition coefficient (Wildman–Crippen LogP) is 1.92. The number of aromatic nitrogens is 2. The molecule has 1 aromatic heterocycles. The molecule has 128 valence electrons. The number of nitro groups is 1. The van der Waals surface area contributed by atoms with Gasteiger partial charge >= 0.3 is 0 Å². The van der Waals surface area contributed by atoms with Gasteiger partial charge in [-0.25, -0.2) is 4.68 Å². The van der Waals surface area contributed by atoms with Crippen molar-refractivity contribution in [2.24, 2.45) is 5.92 Å². The van der Waals surface area contributed by atoms with Gasteiger partial charge < -0.3 is 10.4 Å². The van der Waals surface area contributed by atoms with E-state index in [4.69, 9.17) is 0 Å². The molecule has 2 unspecified atom stereocenters. The second-order valence-corrected chi connectivity index (χ2v) is 5.61. The molecule has 0 aliphatic rings. The average molecular weight is 332 g/mol. The molecular weight excluding hydrogens is 312 g/mol. The maximum atomic E-state index is 12.1. The summed E-state index contributed by atoms with van der Waals surface area (Å²) in [4.78, 5) is 22.3. The monoisotopic (exact) mass is 332 g/mol. The van der Waals surface area contributed by atoms with Crippen molar-refractivity contribution in [3.05, 3.63) is 52.3 Å². The molecule has 0 aliphatic heterocycles. The lowest BCUT2D eigenvalue weighted by molar-refractivity contribution is -0.384. The molecule has 2 aromatic rings. The van der Waals surface area contributed by atoms with Crippen LogP contribution in [-0.2, 0) is 0 Å². The number of non-ortho nitro benzene ring substituents is 1. The van der Waals surface area contributed by atoms with Crippen molar-refractivity contribution < 1.29 is 14.8 Å². The van der Waals surface area contributed by atoms with Crippen LogP contribution in [-0.4, -0.2) is 38.4 Å². The third kappa shape index (κ3) is 4.17. The van der Waals surface area contributed by atoms with Gasteiger partial charge in [-0.1, -0.05) is 20.3 Å². The van der Waals surface area contributed by atoms with Crippen molar-refractivity contribution in [3.63, 3.8) is 0 Å². The summed E-state index contributed by atoms with van der Waals surface area (Å²) in [6, 6.07) is 5.86. The highest BCUT2D eigenvalue weighted by Gasteiger charge is 2.15. The summed E-state index contributed by atoms with van der Waals surface area (Å²) in [5.74, 6) is -0.223. The lowest BCUT2D eigenvalue weighted by Gasteiger charge is -2.17. The van der Waals surface area contributed by atoms with Crippen LogP contribution in [0.15, 0.2) is 36.7 Å². The Morgan fingerprint density at radius 2 is 2.08 bits per heavy atom. The van der Waals surface area contributed by atoms with Crippen molar-refractivity contribution >= 4 is 11.6 Å². The van der Waals surface area contributed by atoms with Crippen LogP contribution >= 0.6 is 0 Å². The molecule has 1 amide bonds. The van der Waals surface area contributed by atoms with Gasteiger partial charge in [0, 0.05) is 24.9 Å². The number of aliphatic hydroxyl groups excluding tert-OH is 1. The standard InChI is InChI=1S/C16H20N4O4/c1-3-11(2)15(21)9-17-16(22)12-8-18-19(10-12)13-4-6-14(7-5-13)20(23)24/h4-8,10-11,15,21H,3,9H2,1-2H3,(H,17,22). The average Bonchev–Trinajstić information content (AvgIpc) is 3.08. The third-order valence-corrected chi connectivity index (χ3v) is 3.94. The molecule has 0 fully saturated rings. The minimum atomic E-state index is -0.594. The molecule has 24 heavy (non-hydrogen) atoms. The number of aliphatic hydroxyl groups is 1. The van der Waals surface area contributed by atoms with Crippen LogP contribution in [0.25, 0.3) is 5.69 Å².